The number of aromatic carboxylic acids is 1. The Bertz CT molecular complexity index is 469. The van der Waals surface area contributed by atoms with Crippen molar-refractivity contribution in [3.8, 4) is 0 Å². The number of ether oxygens (including phenoxy) is 1. The van der Waals surface area contributed by atoms with Gasteiger partial charge in [0.05, 0.1) is 11.3 Å². The summed E-state index contributed by atoms with van der Waals surface area (Å²) in [5, 5.41) is 11.1. The van der Waals surface area contributed by atoms with Crippen molar-refractivity contribution in [2.75, 3.05) is 18.5 Å². The first kappa shape index (κ1) is 13.9. The van der Waals surface area contributed by atoms with Crippen molar-refractivity contribution in [1.29, 1.82) is 0 Å². The molecule has 0 radical (unpaired) electrons. The Balaban J connectivity index is 2.76. The molecule has 0 aliphatic heterocycles. The molecule has 0 spiro atoms. The summed E-state index contributed by atoms with van der Waals surface area (Å²) in [6, 6.07) is 5.84. The summed E-state index contributed by atoms with van der Waals surface area (Å²) < 4.78 is 4.81. The van der Waals surface area contributed by atoms with Crippen molar-refractivity contribution in [3.05, 3.63) is 29.8 Å². The van der Waals surface area contributed by atoms with E-state index in [0.717, 1.165) is 0 Å². The first-order valence-electron chi connectivity index (χ1n) is 5.30. The highest BCUT2D eigenvalue weighted by atomic mass is 16.5. The maximum Gasteiger partial charge on any atom is 0.337 e. The number of amides is 1. The molecule has 0 aliphatic rings. The molecule has 6 nitrogen and oxygen atoms in total. The lowest BCUT2D eigenvalue weighted by Gasteiger charge is -2.07. The minimum absolute atomic E-state index is 0.0740. The smallest absolute Gasteiger partial charge is 0.337 e. The van der Waals surface area contributed by atoms with Crippen LogP contribution in [-0.4, -0.2) is 36.0 Å². The fraction of sp³-hybridized carbons (Fsp3) is 0.250. The minimum Gasteiger partial charge on any atom is -0.478 e. The molecule has 0 aromatic heterocycles. The van der Waals surface area contributed by atoms with E-state index in [1.165, 1.54) is 18.2 Å². The lowest BCUT2D eigenvalue weighted by Crippen LogP contribution is -2.27. The molecule has 96 valence electrons. The molecule has 2 N–H and O–H groups in total. The van der Waals surface area contributed by atoms with Crippen molar-refractivity contribution in [2.45, 2.75) is 6.92 Å². The molecule has 0 heterocycles. The van der Waals surface area contributed by atoms with Crippen LogP contribution < -0.4 is 5.32 Å². The number of carboxylic acid groups (broad SMARTS) is 1. The summed E-state index contributed by atoms with van der Waals surface area (Å²) >= 11 is 0. The maximum atomic E-state index is 11.5. The van der Waals surface area contributed by atoms with Gasteiger partial charge < -0.3 is 15.2 Å². The van der Waals surface area contributed by atoms with E-state index in [-0.39, 0.29) is 17.9 Å². The number of benzene rings is 1. The molecule has 0 aliphatic carbocycles. The normalized spacial score (nSPS) is 9.83. The number of para-hydroxylation sites is 1. The van der Waals surface area contributed by atoms with Crippen LogP contribution in [0, 0.1) is 0 Å². The molecule has 1 amide bonds. The van der Waals surface area contributed by atoms with Gasteiger partial charge in [-0.15, -0.1) is 0 Å². The number of hydrogen-bond donors (Lipinski definition) is 2. The quantitative estimate of drug-likeness (QED) is 0.733. The van der Waals surface area contributed by atoms with E-state index in [1.807, 2.05) is 0 Å². The molecule has 18 heavy (non-hydrogen) atoms. The number of ketones is 1. The third kappa shape index (κ3) is 3.67. The predicted octanol–water partition coefficient (Wildman–Crippen LogP) is 0.929. The topological polar surface area (TPSA) is 92.7 Å². The number of rotatable bonds is 6. The Morgan fingerprint density at radius 3 is 2.56 bits per heavy atom. The molecular weight excluding hydrogens is 238 g/mol. The number of carbonyl (C=O) groups excluding carboxylic acids is 2. The summed E-state index contributed by atoms with van der Waals surface area (Å²) in [5.41, 5.74) is 0.00917. The van der Waals surface area contributed by atoms with Crippen LogP contribution in [0.1, 0.15) is 17.3 Å². The number of carboxylic acids is 1. The van der Waals surface area contributed by atoms with E-state index in [2.05, 4.69) is 5.32 Å². The first-order valence-corrected chi connectivity index (χ1v) is 5.30. The SMILES string of the molecule is CCOCC(=O)C(=O)Nc1ccccc1C(=O)O. The molecule has 6 heteroatoms. The third-order valence-corrected chi connectivity index (χ3v) is 2.10. The minimum atomic E-state index is -1.18. The van der Waals surface area contributed by atoms with Crippen LogP contribution in [0.3, 0.4) is 0 Å². The van der Waals surface area contributed by atoms with Gasteiger partial charge in [-0.05, 0) is 19.1 Å². The fourth-order valence-electron chi connectivity index (χ4n) is 1.23. The number of hydrogen-bond acceptors (Lipinski definition) is 4. The number of Topliss-reactive ketones (excluding diaryl/α,β-unsaturated/α-hetero) is 1. The van der Waals surface area contributed by atoms with E-state index in [1.54, 1.807) is 13.0 Å². The lowest BCUT2D eigenvalue weighted by atomic mass is 10.2. The zero-order valence-electron chi connectivity index (χ0n) is 9.80. The maximum absolute atomic E-state index is 11.5. The molecule has 0 saturated heterocycles. The van der Waals surface area contributed by atoms with E-state index >= 15 is 0 Å². The fourth-order valence-corrected chi connectivity index (χ4v) is 1.23. The Morgan fingerprint density at radius 2 is 1.94 bits per heavy atom. The molecule has 0 saturated carbocycles. The van der Waals surface area contributed by atoms with E-state index in [0.29, 0.717) is 6.61 Å². The van der Waals surface area contributed by atoms with Gasteiger partial charge in [-0.3, -0.25) is 9.59 Å². The average molecular weight is 251 g/mol. The highest BCUT2D eigenvalue weighted by Crippen LogP contribution is 2.14. The van der Waals surface area contributed by atoms with Crippen molar-refractivity contribution < 1.29 is 24.2 Å². The first-order chi connectivity index (χ1) is 8.56. The molecule has 1 aromatic carbocycles. The Labute approximate surface area is 104 Å². The number of anilines is 1. The molecule has 0 atom stereocenters. The Kier molecular flexibility index (Phi) is 5.01. The van der Waals surface area contributed by atoms with E-state index in [4.69, 9.17) is 9.84 Å². The summed E-state index contributed by atoms with van der Waals surface area (Å²) in [7, 11) is 0. The van der Waals surface area contributed by atoms with Crippen LogP contribution in [-0.2, 0) is 14.3 Å². The van der Waals surface area contributed by atoms with Crippen LogP contribution in [0.2, 0.25) is 0 Å². The summed E-state index contributed by atoms with van der Waals surface area (Å²) in [6.45, 7) is 1.70. The van der Waals surface area contributed by atoms with Crippen molar-refractivity contribution in [1.82, 2.24) is 0 Å². The predicted molar refractivity (Wildman–Crippen MR) is 63.5 cm³/mol. The molecule has 0 bridgehead atoms. The van der Waals surface area contributed by atoms with Crippen LogP contribution in [0.5, 0.6) is 0 Å². The molecule has 0 unspecified atom stereocenters. The van der Waals surface area contributed by atoms with Gasteiger partial charge in [-0.2, -0.15) is 0 Å². The molecule has 1 aromatic rings. The van der Waals surface area contributed by atoms with Crippen LogP contribution in [0.15, 0.2) is 24.3 Å². The van der Waals surface area contributed by atoms with Crippen LogP contribution >= 0.6 is 0 Å². The van der Waals surface area contributed by atoms with Gasteiger partial charge in [0, 0.05) is 6.61 Å². The van der Waals surface area contributed by atoms with Gasteiger partial charge in [0.1, 0.15) is 6.61 Å². The molecular formula is C12H13NO5. The second-order valence-electron chi connectivity index (χ2n) is 3.37. The van der Waals surface area contributed by atoms with Gasteiger partial charge in [0.25, 0.3) is 5.91 Å². The van der Waals surface area contributed by atoms with Crippen LogP contribution in [0.4, 0.5) is 5.69 Å². The Hall–Kier alpha value is -2.21. The zero-order chi connectivity index (χ0) is 13.5. The summed E-state index contributed by atoms with van der Waals surface area (Å²) in [4.78, 5) is 33.6. The standard InChI is InChI=1S/C12H13NO5/c1-2-18-7-10(14)11(15)13-9-6-4-3-5-8(9)12(16)17/h3-6H,2,7H2,1H3,(H,13,15)(H,16,17). The Morgan fingerprint density at radius 1 is 1.28 bits per heavy atom. The van der Waals surface area contributed by atoms with Crippen molar-refractivity contribution in [2.24, 2.45) is 0 Å². The van der Waals surface area contributed by atoms with Gasteiger partial charge in [-0.1, -0.05) is 12.1 Å². The molecule has 1 rings (SSSR count). The van der Waals surface area contributed by atoms with Gasteiger partial charge >= 0.3 is 5.97 Å². The highest BCUT2D eigenvalue weighted by Gasteiger charge is 2.17. The number of nitrogens with one attached hydrogen (secondary N) is 1. The zero-order valence-corrected chi connectivity index (χ0v) is 9.80. The monoisotopic (exact) mass is 251 g/mol. The molecule has 0 fully saturated rings. The van der Waals surface area contributed by atoms with Crippen molar-refractivity contribution in [3.63, 3.8) is 0 Å². The average Bonchev–Trinajstić information content (AvgIpc) is 2.36. The second kappa shape index (κ2) is 6.51. The van der Waals surface area contributed by atoms with E-state index in [9.17, 15) is 14.4 Å². The van der Waals surface area contributed by atoms with Crippen LogP contribution in [0.25, 0.3) is 0 Å². The summed E-state index contributed by atoms with van der Waals surface area (Å²) in [6.07, 6.45) is 0. The lowest BCUT2D eigenvalue weighted by molar-refractivity contribution is -0.137. The van der Waals surface area contributed by atoms with Gasteiger partial charge in [0.2, 0.25) is 5.78 Å². The second-order valence-corrected chi connectivity index (χ2v) is 3.37. The highest BCUT2D eigenvalue weighted by molar-refractivity contribution is 6.41. The van der Waals surface area contributed by atoms with Crippen molar-refractivity contribution >= 4 is 23.3 Å². The third-order valence-electron chi connectivity index (χ3n) is 2.10. The van der Waals surface area contributed by atoms with Gasteiger partial charge in [-0.25, -0.2) is 4.79 Å². The van der Waals surface area contributed by atoms with Gasteiger partial charge in [0.15, 0.2) is 0 Å². The largest absolute Gasteiger partial charge is 0.478 e. The number of carbonyl (C=O) groups is 3. The summed E-state index contributed by atoms with van der Waals surface area (Å²) in [5.74, 6) is -2.82. The van der Waals surface area contributed by atoms with E-state index < -0.39 is 17.7 Å².